The highest BCUT2D eigenvalue weighted by Gasteiger charge is 2.25. The van der Waals surface area contributed by atoms with Gasteiger partial charge in [0.25, 0.3) is 5.91 Å². The van der Waals surface area contributed by atoms with Crippen molar-refractivity contribution < 1.29 is 14.7 Å². The first kappa shape index (κ1) is 17.0. The van der Waals surface area contributed by atoms with Crippen molar-refractivity contribution in [3.8, 4) is 0 Å². The van der Waals surface area contributed by atoms with Crippen LogP contribution in [-0.2, 0) is 19.5 Å². The molecule has 7 heteroatoms. The van der Waals surface area contributed by atoms with Gasteiger partial charge in [-0.2, -0.15) is 0 Å². The number of carboxylic acid groups (broad SMARTS) is 1. The van der Waals surface area contributed by atoms with Gasteiger partial charge in [-0.05, 0) is 29.8 Å². The molecule has 0 saturated carbocycles. The molecule has 1 aromatic heterocycles. The number of carbonyl (C=O) groups excluding carboxylic acids is 1. The quantitative estimate of drug-likeness (QED) is 0.769. The van der Waals surface area contributed by atoms with Gasteiger partial charge in [-0.25, -0.2) is 4.79 Å². The summed E-state index contributed by atoms with van der Waals surface area (Å²) < 4.78 is 2.07. The van der Waals surface area contributed by atoms with Crippen LogP contribution >= 0.6 is 0 Å². The Bertz CT molecular complexity index is 980. The van der Waals surface area contributed by atoms with E-state index in [0.717, 1.165) is 11.6 Å². The summed E-state index contributed by atoms with van der Waals surface area (Å²) in [5.74, 6) is 0.522. The van der Waals surface area contributed by atoms with Crippen molar-refractivity contribution in [2.45, 2.75) is 19.5 Å². The van der Waals surface area contributed by atoms with Crippen LogP contribution in [0.4, 0.5) is 0 Å². The van der Waals surface area contributed by atoms with Crippen LogP contribution in [0.15, 0.2) is 54.6 Å². The van der Waals surface area contributed by atoms with E-state index in [0.29, 0.717) is 31.6 Å². The third-order valence-electron chi connectivity index (χ3n) is 4.70. The molecular weight excluding hydrogens is 344 g/mol. The first-order chi connectivity index (χ1) is 13.1. The van der Waals surface area contributed by atoms with Gasteiger partial charge in [0.1, 0.15) is 5.82 Å². The molecule has 0 radical (unpaired) electrons. The van der Waals surface area contributed by atoms with E-state index >= 15 is 0 Å². The van der Waals surface area contributed by atoms with Gasteiger partial charge in [0.2, 0.25) is 0 Å². The van der Waals surface area contributed by atoms with Crippen LogP contribution < -0.4 is 0 Å². The van der Waals surface area contributed by atoms with Crippen LogP contribution in [0.2, 0.25) is 0 Å². The molecule has 1 aliphatic heterocycles. The number of amides is 1. The summed E-state index contributed by atoms with van der Waals surface area (Å²) in [6.45, 7) is 1.59. The standard InChI is InChI=1S/C20H18N4O3/c25-19(15-6-8-16(9-7-15)20(26)27)23-10-11-24-17(21-22-18(24)13-23)12-14-4-2-1-3-5-14/h1-9H,10-13H2,(H,26,27). The lowest BCUT2D eigenvalue weighted by Crippen LogP contribution is -2.38. The minimum absolute atomic E-state index is 0.134. The maximum atomic E-state index is 12.7. The van der Waals surface area contributed by atoms with E-state index in [1.807, 2.05) is 18.2 Å². The van der Waals surface area contributed by atoms with Gasteiger partial charge in [-0.15, -0.1) is 10.2 Å². The monoisotopic (exact) mass is 362 g/mol. The van der Waals surface area contributed by atoms with Gasteiger partial charge in [0.05, 0.1) is 12.1 Å². The van der Waals surface area contributed by atoms with Gasteiger partial charge in [-0.1, -0.05) is 30.3 Å². The summed E-state index contributed by atoms with van der Waals surface area (Å²) >= 11 is 0. The summed E-state index contributed by atoms with van der Waals surface area (Å²) in [6.07, 6.45) is 0.707. The third-order valence-corrected chi connectivity index (χ3v) is 4.70. The van der Waals surface area contributed by atoms with Crippen molar-refractivity contribution in [3.63, 3.8) is 0 Å². The Kier molecular flexibility index (Phi) is 4.42. The molecule has 1 amide bonds. The molecular formula is C20H18N4O3. The number of aromatic carboxylic acids is 1. The molecule has 3 aromatic rings. The Morgan fingerprint density at radius 3 is 2.33 bits per heavy atom. The first-order valence-electron chi connectivity index (χ1n) is 8.69. The van der Waals surface area contributed by atoms with Gasteiger partial charge < -0.3 is 14.6 Å². The molecule has 1 N–H and O–H groups in total. The number of carbonyl (C=O) groups is 2. The lowest BCUT2D eigenvalue weighted by Gasteiger charge is -2.28. The summed E-state index contributed by atoms with van der Waals surface area (Å²) in [7, 11) is 0. The van der Waals surface area contributed by atoms with E-state index in [4.69, 9.17) is 5.11 Å². The van der Waals surface area contributed by atoms with Gasteiger partial charge in [0, 0.05) is 25.1 Å². The lowest BCUT2D eigenvalue weighted by atomic mass is 10.1. The second-order valence-electron chi connectivity index (χ2n) is 6.46. The normalized spacial score (nSPS) is 13.3. The lowest BCUT2D eigenvalue weighted by molar-refractivity contribution is 0.0687. The molecule has 0 atom stereocenters. The fourth-order valence-electron chi connectivity index (χ4n) is 3.24. The number of fused-ring (bicyclic) bond motifs is 1. The Balaban J connectivity index is 1.48. The molecule has 2 aromatic carbocycles. The number of benzene rings is 2. The van der Waals surface area contributed by atoms with Crippen molar-refractivity contribution >= 4 is 11.9 Å². The minimum atomic E-state index is -1.01. The van der Waals surface area contributed by atoms with Crippen LogP contribution in [0, 0.1) is 0 Å². The molecule has 1 aliphatic rings. The zero-order chi connectivity index (χ0) is 18.8. The molecule has 0 spiro atoms. The average molecular weight is 362 g/mol. The van der Waals surface area contributed by atoms with Crippen LogP contribution in [0.25, 0.3) is 0 Å². The fourth-order valence-corrected chi connectivity index (χ4v) is 3.24. The third kappa shape index (κ3) is 3.44. The molecule has 0 fully saturated rings. The van der Waals surface area contributed by atoms with Crippen LogP contribution in [-0.4, -0.2) is 43.2 Å². The molecule has 7 nitrogen and oxygen atoms in total. The second-order valence-corrected chi connectivity index (χ2v) is 6.46. The van der Waals surface area contributed by atoms with Crippen molar-refractivity contribution in [2.24, 2.45) is 0 Å². The highest BCUT2D eigenvalue weighted by atomic mass is 16.4. The van der Waals surface area contributed by atoms with Crippen LogP contribution in [0.3, 0.4) is 0 Å². The Hall–Kier alpha value is -3.48. The predicted molar refractivity (Wildman–Crippen MR) is 97.4 cm³/mol. The van der Waals surface area contributed by atoms with Crippen LogP contribution in [0.1, 0.15) is 37.9 Å². The Labute approximate surface area is 155 Å². The maximum Gasteiger partial charge on any atom is 0.335 e. The molecule has 0 unspecified atom stereocenters. The molecule has 0 aliphatic carbocycles. The maximum absolute atomic E-state index is 12.7. The van der Waals surface area contributed by atoms with Gasteiger partial charge in [-0.3, -0.25) is 4.79 Å². The van der Waals surface area contributed by atoms with Gasteiger partial charge >= 0.3 is 5.97 Å². The second kappa shape index (κ2) is 7.03. The number of hydrogen-bond acceptors (Lipinski definition) is 4. The van der Waals surface area contributed by atoms with Crippen molar-refractivity contribution in [3.05, 3.63) is 82.9 Å². The Morgan fingerprint density at radius 2 is 1.63 bits per heavy atom. The number of hydrogen-bond donors (Lipinski definition) is 1. The van der Waals surface area contributed by atoms with E-state index < -0.39 is 5.97 Å². The van der Waals surface area contributed by atoms with E-state index in [1.54, 1.807) is 17.0 Å². The molecule has 2 heterocycles. The highest BCUT2D eigenvalue weighted by molar-refractivity contribution is 5.95. The minimum Gasteiger partial charge on any atom is -0.478 e. The van der Waals surface area contributed by atoms with E-state index in [9.17, 15) is 9.59 Å². The topological polar surface area (TPSA) is 88.3 Å². The number of aromatic nitrogens is 3. The van der Waals surface area contributed by atoms with E-state index in [-0.39, 0.29) is 11.5 Å². The van der Waals surface area contributed by atoms with E-state index in [1.165, 1.54) is 17.7 Å². The predicted octanol–water partition coefficient (Wildman–Crippen LogP) is 2.22. The van der Waals surface area contributed by atoms with Crippen molar-refractivity contribution in [1.29, 1.82) is 0 Å². The first-order valence-corrected chi connectivity index (χ1v) is 8.69. The summed E-state index contributed by atoms with van der Waals surface area (Å²) in [6, 6.07) is 16.1. The molecule has 136 valence electrons. The zero-order valence-corrected chi connectivity index (χ0v) is 14.6. The summed E-state index contributed by atoms with van der Waals surface area (Å²) in [5, 5.41) is 17.5. The largest absolute Gasteiger partial charge is 0.478 e. The molecule has 27 heavy (non-hydrogen) atoms. The zero-order valence-electron chi connectivity index (χ0n) is 14.6. The summed E-state index contributed by atoms with van der Waals surface area (Å²) in [4.78, 5) is 25.4. The van der Waals surface area contributed by atoms with Crippen molar-refractivity contribution in [2.75, 3.05) is 6.54 Å². The number of carboxylic acids is 1. The molecule has 0 saturated heterocycles. The Morgan fingerprint density at radius 1 is 0.926 bits per heavy atom. The average Bonchev–Trinajstić information content (AvgIpc) is 3.10. The van der Waals surface area contributed by atoms with E-state index in [2.05, 4.69) is 26.9 Å². The highest BCUT2D eigenvalue weighted by Crippen LogP contribution is 2.18. The van der Waals surface area contributed by atoms with Crippen LogP contribution in [0.5, 0.6) is 0 Å². The van der Waals surface area contributed by atoms with Crippen molar-refractivity contribution in [1.82, 2.24) is 19.7 Å². The molecule has 4 rings (SSSR count). The number of nitrogens with zero attached hydrogens (tertiary/aromatic N) is 4. The number of rotatable bonds is 4. The fraction of sp³-hybridized carbons (Fsp3) is 0.200. The molecule has 0 bridgehead atoms. The SMILES string of the molecule is O=C(O)c1ccc(C(=O)N2CCn3c(Cc4ccccc4)nnc3C2)cc1. The smallest absolute Gasteiger partial charge is 0.335 e. The van der Waals surface area contributed by atoms with Gasteiger partial charge in [0.15, 0.2) is 5.82 Å². The summed E-state index contributed by atoms with van der Waals surface area (Å²) in [5.41, 5.74) is 1.80.